The predicted molar refractivity (Wildman–Crippen MR) is 175 cm³/mol. The topological polar surface area (TPSA) is 147 Å². The smallest absolute Gasteiger partial charge is 0.246 e. The minimum atomic E-state index is -1.22. The lowest BCUT2D eigenvalue weighted by molar-refractivity contribution is -0.144. The first-order chi connectivity index (χ1) is 21.8. The zero-order valence-corrected chi connectivity index (χ0v) is 28.6. The van der Waals surface area contributed by atoms with Crippen LogP contribution in [-0.2, 0) is 19.2 Å². The zero-order valence-electron chi connectivity index (χ0n) is 28.6. The fourth-order valence-electron chi connectivity index (χ4n) is 6.82. The molecule has 0 aromatic carbocycles. The van der Waals surface area contributed by atoms with Crippen LogP contribution in [0.15, 0.2) is 30.7 Å². The van der Waals surface area contributed by atoms with Crippen LogP contribution < -0.4 is 5.32 Å². The SMILES string of the molecule is CCCC(CC(=O)C1[C@H]2CC=C[C@H]2CN1C(=O)[C@@H](NC(=O)[C@@H](CC(=O)c1cnccn1)C(C)C)C(C)C)C(O)C(=O)C[C@@H](C)CC. The molecule has 2 heterocycles. The van der Waals surface area contributed by atoms with E-state index in [1.54, 1.807) is 4.90 Å². The van der Waals surface area contributed by atoms with E-state index in [-0.39, 0.29) is 77.8 Å². The van der Waals surface area contributed by atoms with Gasteiger partial charge < -0.3 is 15.3 Å². The van der Waals surface area contributed by atoms with Crippen molar-refractivity contribution in [2.75, 3.05) is 6.54 Å². The van der Waals surface area contributed by atoms with Crippen molar-refractivity contribution in [1.29, 1.82) is 0 Å². The average molecular weight is 639 g/mol. The molecule has 8 atom stereocenters. The number of carbonyl (C=O) groups excluding carboxylic acids is 5. The second-order valence-corrected chi connectivity index (χ2v) is 14.1. The molecule has 0 bridgehead atoms. The Morgan fingerprint density at radius 3 is 2.30 bits per heavy atom. The molecule has 1 fully saturated rings. The summed E-state index contributed by atoms with van der Waals surface area (Å²) >= 11 is 0. The van der Waals surface area contributed by atoms with E-state index in [1.807, 2.05) is 48.5 Å². The number of allylic oxidation sites excluding steroid dienone is 1. The molecule has 0 radical (unpaired) electrons. The molecule has 3 unspecified atom stereocenters. The molecule has 3 rings (SSSR count). The van der Waals surface area contributed by atoms with Crippen LogP contribution in [0.25, 0.3) is 0 Å². The highest BCUT2D eigenvalue weighted by molar-refractivity contribution is 5.98. The fraction of sp³-hybridized carbons (Fsp3) is 0.694. The molecule has 1 aliphatic heterocycles. The Bertz CT molecular complexity index is 1250. The van der Waals surface area contributed by atoms with E-state index in [1.165, 1.54) is 18.6 Å². The van der Waals surface area contributed by atoms with E-state index in [9.17, 15) is 29.1 Å². The van der Waals surface area contributed by atoms with Gasteiger partial charge in [0.15, 0.2) is 17.3 Å². The number of Topliss-reactive ketones (excluding diaryl/α,β-unsaturated/α-hetero) is 3. The number of likely N-dealkylation sites (tertiary alicyclic amines) is 1. The quantitative estimate of drug-likeness (QED) is 0.175. The normalized spacial score (nSPS) is 22.3. The molecule has 46 heavy (non-hydrogen) atoms. The van der Waals surface area contributed by atoms with Gasteiger partial charge in [-0.1, -0.05) is 73.5 Å². The minimum Gasteiger partial charge on any atom is -0.385 e. The molecule has 1 aliphatic carbocycles. The molecule has 1 aromatic heterocycles. The largest absolute Gasteiger partial charge is 0.385 e. The minimum absolute atomic E-state index is 0.0114. The number of aliphatic hydroxyl groups is 1. The van der Waals surface area contributed by atoms with Gasteiger partial charge in [0.2, 0.25) is 11.8 Å². The standard InChI is InChI=1S/C36H54N4O6/c1-8-11-24(34(44)31(43)16-23(7)9-2)17-30(42)33-26-13-10-12-25(26)20-40(33)36(46)32(22(5)6)39-35(45)27(21(3)4)18-29(41)28-19-37-14-15-38-28/h10,12,14-15,19,21-27,32-34,44H,8-9,11,13,16-18,20H2,1-7H3,(H,39,45)/t23-,24?,25-,26-,27-,32-,33?,34?/m0/s1. The zero-order chi connectivity index (χ0) is 34.1. The van der Waals surface area contributed by atoms with Crippen LogP contribution in [0, 0.1) is 41.4 Å². The van der Waals surface area contributed by atoms with E-state index < -0.39 is 35.9 Å². The van der Waals surface area contributed by atoms with Gasteiger partial charge in [-0.3, -0.25) is 29.0 Å². The van der Waals surface area contributed by atoms with Crippen LogP contribution in [0.1, 0.15) is 104 Å². The van der Waals surface area contributed by atoms with Crippen molar-refractivity contribution in [3.63, 3.8) is 0 Å². The molecule has 10 heteroatoms. The van der Waals surface area contributed by atoms with Crippen LogP contribution >= 0.6 is 0 Å². The number of nitrogens with zero attached hydrogens (tertiary/aromatic N) is 3. The van der Waals surface area contributed by atoms with Gasteiger partial charge in [-0.05, 0) is 48.3 Å². The number of aliphatic hydroxyl groups excluding tert-OH is 1. The van der Waals surface area contributed by atoms with Gasteiger partial charge >= 0.3 is 0 Å². The number of hydrogen-bond donors (Lipinski definition) is 2. The number of nitrogens with one attached hydrogen (secondary N) is 1. The summed E-state index contributed by atoms with van der Waals surface area (Å²) in [7, 11) is 0. The third kappa shape index (κ3) is 9.17. The molecular weight excluding hydrogens is 584 g/mol. The van der Waals surface area contributed by atoms with Crippen LogP contribution in [0.3, 0.4) is 0 Å². The fourth-order valence-corrected chi connectivity index (χ4v) is 6.82. The Balaban J connectivity index is 1.80. The lowest BCUT2D eigenvalue weighted by Crippen LogP contribution is -2.56. The summed E-state index contributed by atoms with van der Waals surface area (Å²) < 4.78 is 0. The first kappa shape index (κ1) is 37.2. The molecule has 1 aromatic rings. The number of ketones is 3. The Kier molecular flexibility index (Phi) is 13.8. The molecule has 0 spiro atoms. The van der Waals surface area contributed by atoms with Crippen molar-refractivity contribution < 1.29 is 29.1 Å². The van der Waals surface area contributed by atoms with Crippen LogP contribution in [0.2, 0.25) is 0 Å². The molecule has 1 saturated heterocycles. The van der Waals surface area contributed by atoms with Crippen LogP contribution in [0.4, 0.5) is 0 Å². The molecule has 254 valence electrons. The second kappa shape index (κ2) is 17.0. The number of amides is 2. The highest BCUT2D eigenvalue weighted by Crippen LogP contribution is 2.40. The Morgan fingerprint density at radius 2 is 1.72 bits per heavy atom. The van der Waals surface area contributed by atoms with E-state index in [4.69, 9.17) is 0 Å². The summed E-state index contributed by atoms with van der Waals surface area (Å²) in [4.78, 5) is 77.4. The predicted octanol–water partition coefficient (Wildman–Crippen LogP) is 4.61. The molecule has 10 nitrogen and oxygen atoms in total. The summed E-state index contributed by atoms with van der Waals surface area (Å²) in [6.07, 6.45) is 10.1. The molecule has 2 amide bonds. The van der Waals surface area contributed by atoms with Crippen LogP contribution in [0.5, 0.6) is 0 Å². The summed E-state index contributed by atoms with van der Waals surface area (Å²) in [5.74, 6) is -2.98. The maximum Gasteiger partial charge on any atom is 0.246 e. The molecular formula is C36H54N4O6. The highest BCUT2D eigenvalue weighted by Gasteiger charge is 2.50. The number of fused-ring (bicyclic) bond motifs is 1. The van der Waals surface area contributed by atoms with Gasteiger partial charge in [0, 0.05) is 44.1 Å². The van der Waals surface area contributed by atoms with Gasteiger partial charge in [-0.2, -0.15) is 0 Å². The van der Waals surface area contributed by atoms with Crippen molar-refractivity contribution in [2.45, 2.75) is 112 Å². The Labute approximate surface area is 274 Å². The third-order valence-electron chi connectivity index (χ3n) is 9.88. The Morgan fingerprint density at radius 1 is 1.00 bits per heavy atom. The van der Waals surface area contributed by atoms with E-state index >= 15 is 0 Å². The summed E-state index contributed by atoms with van der Waals surface area (Å²) in [6.45, 7) is 13.7. The summed E-state index contributed by atoms with van der Waals surface area (Å²) in [5, 5.41) is 14.0. The first-order valence-electron chi connectivity index (χ1n) is 17.1. The highest BCUT2D eigenvalue weighted by atomic mass is 16.3. The molecule has 2 aliphatic rings. The summed E-state index contributed by atoms with van der Waals surface area (Å²) in [5.41, 5.74) is 0.184. The first-order valence-corrected chi connectivity index (χ1v) is 17.1. The molecule has 0 saturated carbocycles. The number of carbonyl (C=O) groups is 5. The van der Waals surface area contributed by atoms with Crippen molar-refractivity contribution in [3.8, 4) is 0 Å². The van der Waals surface area contributed by atoms with E-state index in [0.29, 0.717) is 25.8 Å². The average Bonchev–Trinajstić information content (AvgIpc) is 3.63. The van der Waals surface area contributed by atoms with Crippen molar-refractivity contribution in [1.82, 2.24) is 20.2 Å². The van der Waals surface area contributed by atoms with Gasteiger partial charge in [0.05, 0.1) is 12.2 Å². The lowest BCUT2D eigenvalue weighted by atomic mass is 9.82. The van der Waals surface area contributed by atoms with Crippen molar-refractivity contribution in [2.24, 2.45) is 41.4 Å². The van der Waals surface area contributed by atoms with E-state index in [2.05, 4.69) is 27.4 Å². The second-order valence-electron chi connectivity index (χ2n) is 14.1. The van der Waals surface area contributed by atoms with Crippen molar-refractivity contribution in [3.05, 3.63) is 36.4 Å². The van der Waals surface area contributed by atoms with Gasteiger partial charge in [-0.25, -0.2) is 4.98 Å². The monoisotopic (exact) mass is 638 g/mol. The van der Waals surface area contributed by atoms with Gasteiger partial charge in [0.25, 0.3) is 0 Å². The van der Waals surface area contributed by atoms with Gasteiger partial charge in [-0.15, -0.1) is 0 Å². The summed E-state index contributed by atoms with van der Waals surface area (Å²) in [6, 6.07) is -1.60. The maximum atomic E-state index is 14.3. The maximum absolute atomic E-state index is 14.3. The van der Waals surface area contributed by atoms with Crippen LogP contribution in [-0.4, -0.2) is 73.9 Å². The third-order valence-corrected chi connectivity index (χ3v) is 9.88. The van der Waals surface area contributed by atoms with Crippen molar-refractivity contribution >= 4 is 29.2 Å². The Hall–Kier alpha value is -3.27. The van der Waals surface area contributed by atoms with E-state index in [0.717, 1.165) is 6.42 Å². The number of rotatable bonds is 18. The number of hydrogen-bond acceptors (Lipinski definition) is 8. The van der Waals surface area contributed by atoms with Gasteiger partial charge in [0.1, 0.15) is 17.8 Å². The molecule has 2 N–H and O–H groups in total. The number of aromatic nitrogens is 2. The lowest BCUT2D eigenvalue weighted by Gasteiger charge is -2.34.